The molecule has 368 valence electrons. The van der Waals surface area contributed by atoms with Gasteiger partial charge >= 0.3 is 0 Å². The smallest absolute Gasteiger partial charge is 0.202 e. The summed E-state index contributed by atoms with van der Waals surface area (Å²) in [6.45, 7) is -0.0622. The molecule has 9 atom stereocenters. The zero-order valence-electron chi connectivity index (χ0n) is 37.4. The molecule has 1 aliphatic carbocycles. The van der Waals surface area contributed by atoms with Crippen LogP contribution in [0.2, 0.25) is 0 Å². The largest absolute Gasteiger partial charge is 0.508 e. The number of aliphatic hydroxyl groups is 4. The number of methoxy groups -OCH3 is 2. The molecule has 5 aromatic rings. The highest BCUT2D eigenvalue weighted by Crippen LogP contribution is 2.47. The topological polar surface area (TPSA) is 310 Å². The quantitative estimate of drug-likeness (QED) is 0.110. The van der Waals surface area contributed by atoms with Gasteiger partial charge in [-0.1, -0.05) is 30.4 Å². The van der Waals surface area contributed by atoms with Gasteiger partial charge in [-0.05, 0) is 59.2 Å². The van der Waals surface area contributed by atoms with Gasteiger partial charge in [0.1, 0.15) is 63.9 Å². The lowest BCUT2D eigenvalue weighted by Gasteiger charge is -2.38. The lowest BCUT2D eigenvalue weighted by molar-refractivity contribution is -0.151. The second-order valence-electron chi connectivity index (χ2n) is 16.2. The Morgan fingerprint density at radius 3 is 1.70 bits per heavy atom. The molecule has 0 aromatic heterocycles. The van der Waals surface area contributed by atoms with E-state index in [0.717, 1.165) is 24.8 Å². The maximum Gasteiger partial charge on any atom is 0.202 e. The minimum atomic E-state index is -1.62. The molecule has 10 rings (SSSR count). The number of aromatic hydroxyl groups is 6. The molecule has 20 heteroatoms. The van der Waals surface area contributed by atoms with E-state index in [1.807, 2.05) is 0 Å². The minimum absolute atomic E-state index is 0.0147. The van der Waals surface area contributed by atoms with Gasteiger partial charge in [0, 0.05) is 36.9 Å². The number of aliphatic hydroxyl groups excluding tert-OH is 4. The highest BCUT2D eigenvalue weighted by molar-refractivity contribution is 6.06. The predicted molar refractivity (Wildman–Crippen MR) is 241 cm³/mol. The van der Waals surface area contributed by atoms with Crippen LogP contribution < -0.4 is 28.4 Å². The summed E-state index contributed by atoms with van der Waals surface area (Å²) in [4.78, 5) is 25.4. The molecule has 0 bridgehead atoms. The van der Waals surface area contributed by atoms with Crippen molar-refractivity contribution in [1.82, 2.24) is 0 Å². The minimum Gasteiger partial charge on any atom is -0.508 e. The van der Waals surface area contributed by atoms with Gasteiger partial charge in [0.15, 0.2) is 71.1 Å². The number of rotatable bonds is 7. The van der Waals surface area contributed by atoms with Crippen LogP contribution in [0.4, 0.5) is 0 Å². The first kappa shape index (κ1) is 48.7. The molecule has 1 saturated heterocycles. The van der Waals surface area contributed by atoms with E-state index in [0.29, 0.717) is 28.2 Å². The average Bonchev–Trinajstić information content (AvgIpc) is 3.35. The number of ketones is 2. The third-order valence-electron chi connectivity index (χ3n) is 11.9. The Labute approximate surface area is 398 Å². The zero-order chi connectivity index (χ0) is 50.1. The lowest BCUT2D eigenvalue weighted by atomic mass is 9.89. The standard InChI is InChI=1S/C25H22O10.C24H22O9.CH4O/c1-32-17-6-11(2-4-14(17)28)24-20(10-26)33-16-5-3-12(7-18(16)34-24)25-23(31)22(30)21-15(29)8-13(27)9-19(21)35-25;1-30-17-6-11(2-4-14(17)26)20-10-31-16-5-3-12(7-18(16)32-20)24-23(29)22(28)21-15(27)8-13(25)9-19(21)33-24;1-2/h2-9,20,23-29,31H,10H2,1H3;2-9,16,18,20,23-27,29H,10H2,1H3;2H,1H3/t20-,23-,24?,25?;16?,18?,20-,23-,24?;/m00./s1. The molecular formula is C50H48O20. The average molecular weight is 969 g/mol. The second kappa shape index (κ2) is 20.1. The highest BCUT2D eigenvalue weighted by Gasteiger charge is 2.43. The molecular weight excluding hydrogens is 921 g/mol. The van der Waals surface area contributed by atoms with E-state index in [4.69, 9.17) is 43.0 Å². The van der Waals surface area contributed by atoms with Crippen molar-refractivity contribution in [2.45, 2.75) is 54.9 Å². The molecule has 0 radical (unpaired) electrons. The fourth-order valence-electron chi connectivity index (χ4n) is 8.55. The number of carbonyl (C=O) groups is 2. The third-order valence-corrected chi connectivity index (χ3v) is 11.9. The molecule has 10 N–H and O–H groups in total. The zero-order valence-corrected chi connectivity index (χ0v) is 37.4. The lowest BCUT2D eigenvalue weighted by Crippen LogP contribution is -2.45. The van der Waals surface area contributed by atoms with E-state index in [9.17, 15) is 55.5 Å². The number of phenolic OH excluding ortho intramolecular Hbond substituents is 6. The van der Waals surface area contributed by atoms with E-state index in [-0.39, 0.29) is 76.4 Å². The number of ether oxygens (including phenoxy) is 8. The second-order valence-corrected chi connectivity index (χ2v) is 16.2. The van der Waals surface area contributed by atoms with Crippen LogP contribution in [0, 0.1) is 0 Å². The number of hydrogen-bond acceptors (Lipinski definition) is 20. The summed E-state index contributed by atoms with van der Waals surface area (Å²) in [6, 6.07) is 18.7. The summed E-state index contributed by atoms with van der Waals surface area (Å²) in [5.41, 5.74) is 1.84. The summed E-state index contributed by atoms with van der Waals surface area (Å²) in [7, 11) is 3.87. The molecule has 1 fully saturated rings. The maximum atomic E-state index is 12.7. The van der Waals surface area contributed by atoms with Crippen LogP contribution in [-0.4, -0.2) is 134 Å². The number of benzene rings is 5. The predicted octanol–water partition coefficient (Wildman–Crippen LogP) is 4.11. The summed E-state index contributed by atoms with van der Waals surface area (Å²) in [5.74, 6) is -1.93. The first-order valence-corrected chi connectivity index (χ1v) is 21.5. The number of Topliss-reactive ketones (excluding diaryl/α,β-unsaturated/α-hetero) is 2. The van der Waals surface area contributed by atoms with Crippen molar-refractivity contribution in [1.29, 1.82) is 0 Å². The van der Waals surface area contributed by atoms with Crippen LogP contribution in [0.5, 0.6) is 69.0 Å². The normalized spacial score (nSPS) is 24.8. The summed E-state index contributed by atoms with van der Waals surface area (Å²) in [5, 5.41) is 97.4. The van der Waals surface area contributed by atoms with Crippen molar-refractivity contribution in [2.24, 2.45) is 0 Å². The fourth-order valence-corrected chi connectivity index (χ4v) is 8.55. The SMILES string of the molecule is CO.COc1cc(C2Oc3cc(C4Oc5cc(O)cc(O)c5C(=O)[C@@H]4O)ccc3O[C@H]2CO)ccc1O.COc1cc([C@@H]2COC3C=CC(C4Oc5cc(O)cc(O)c5C(=O)[C@@H]4O)=CC3O2)ccc1O. The highest BCUT2D eigenvalue weighted by atomic mass is 16.6. The van der Waals surface area contributed by atoms with Crippen LogP contribution in [0.1, 0.15) is 55.7 Å². The summed E-state index contributed by atoms with van der Waals surface area (Å²) >= 11 is 0. The van der Waals surface area contributed by atoms with E-state index in [1.54, 1.807) is 60.7 Å². The van der Waals surface area contributed by atoms with Gasteiger partial charge in [-0.2, -0.15) is 0 Å². The van der Waals surface area contributed by atoms with Gasteiger partial charge in [0.05, 0.1) is 27.4 Å². The number of fused-ring (bicyclic) bond motifs is 4. The number of phenols is 6. The van der Waals surface area contributed by atoms with Crippen molar-refractivity contribution < 1.29 is 98.5 Å². The molecule has 0 spiro atoms. The Morgan fingerprint density at radius 1 is 0.571 bits per heavy atom. The molecule has 5 unspecified atom stereocenters. The monoisotopic (exact) mass is 968 g/mol. The third kappa shape index (κ3) is 9.26. The first-order valence-electron chi connectivity index (χ1n) is 21.5. The van der Waals surface area contributed by atoms with Gasteiger partial charge < -0.3 is 89.0 Å². The molecule has 70 heavy (non-hydrogen) atoms. The van der Waals surface area contributed by atoms with E-state index < -0.39 is 71.9 Å². The van der Waals surface area contributed by atoms with Crippen LogP contribution in [0.15, 0.2) is 103 Å². The molecule has 5 aliphatic rings. The molecule has 0 saturated carbocycles. The van der Waals surface area contributed by atoms with Gasteiger partial charge in [-0.15, -0.1) is 0 Å². The van der Waals surface area contributed by atoms with Crippen LogP contribution in [-0.2, 0) is 9.47 Å². The van der Waals surface area contributed by atoms with E-state index in [1.165, 1.54) is 38.5 Å². The van der Waals surface area contributed by atoms with Crippen molar-refractivity contribution in [3.63, 3.8) is 0 Å². The fraction of sp³-hybridized carbons (Fsp3) is 0.280. The van der Waals surface area contributed by atoms with E-state index >= 15 is 0 Å². The first-order chi connectivity index (χ1) is 33.6. The summed E-state index contributed by atoms with van der Waals surface area (Å²) < 4.78 is 46.1. The van der Waals surface area contributed by atoms with Gasteiger partial charge in [-0.25, -0.2) is 0 Å². The van der Waals surface area contributed by atoms with Crippen molar-refractivity contribution in [3.8, 4) is 69.0 Å². The number of carbonyl (C=O) groups excluding carboxylic acids is 2. The Morgan fingerprint density at radius 2 is 1.10 bits per heavy atom. The molecule has 5 aromatic carbocycles. The van der Waals surface area contributed by atoms with Crippen LogP contribution in [0.3, 0.4) is 0 Å². The van der Waals surface area contributed by atoms with Gasteiger partial charge in [0.25, 0.3) is 0 Å². The van der Waals surface area contributed by atoms with Crippen LogP contribution >= 0.6 is 0 Å². The molecule has 4 aliphatic heterocycles. The van der Waals surface area contributed by atoms with Crippen molar-refractivity contribution in [2.75, 3.05) is 34.5 Å². The Balaban J connectivity index is 0.000000182. The van der Waals surface area contributed by atoms with Gasteiger partial charge in [-0.3, -0.25) is 9.59 Å². The van der Waals surface area contributed by atoms with Crippen molar-refractivity contribution >= 4 is 11.6 Å². The Kier molecular flexibility index (Phi) is 14.0. The molecule has 20 nitrogen and oxygen atoms in total. The Bertz CT molecular complexity index is 2860. The summed E-state index contributed by atoms with van der Waals surface area (Å²) in [6.07, 6.45) is -3.01. The molecule has 4 heterocycles. The van der Waals surface area contributed by atoms with E-state index in [2.05, 4.69) is 0 Å². The van der Waals surface area contributed by atoms with Crippen molar-refractivity contribution in [3.05, 3.63) is 130 Å². The molecule has 0 amide bonds. The Hall–Kier alpha value is -7.72. The maximum absolute atomic E-state index is 12.7. The number of hydrogen-bond donors (Lipinski definition) is 10. The van der Waals surface area contributed by atoms with Gasteiger partial charge in [0.2, 0.25) is 11.6 Å². The van der Waals surface area contributed by atoms with Crippen LogP contribution in [0.25, 0.3) is 0 Å².